The monoisotopic (exact) mass is 408 g/mol. The molecule has 0 aliphatic rings. The van der Waals surface area contributed by atoms with E-state index >= 15 is 0 Å². The minimum Gasteiger partial charge on any atom is -0.452 e. The molecule has 0 unspecified atom stereocenters. The second-order valence-corrected chi connectivity index (χ2v) is 8.70. The van der Waals surface area contributed by atoms with Crippen LogP contribution in [0.1, 0.15) is 31.1 Å². The van der Waals surface area contributed by atoms with Crippen molar-refractivity contribution in [3.8, 4) is 0 Å². The van der Waals surface area contributed by atoms with Gasteiger partial charge in [0.2, 0.25) is 10.0 Å². The second kappa shape index (κ2) is 8.49. The van der Waals surface area contributed by atoms with Gasteiger partial charge >= 0.3 is 5.97 Å². The number of esters is 1. The first-order chi connectivity index (χ1) is 13.0. The predicted molar refractivity (Wildman–Crippen MR) is 102 cm³/mol. The van der Waals surface area contributed by atoms with Crippen LogP contribution in [0.4, 0.5) is 10.1 Å². The predicted octanol–water partition coefficient (Wildman–Crippen LogP) is 2.70. The van der Waals surface area contributed by atoms with Gasteiger partial charge in [0.25, 0.3) is 5.91 Å². The van der Waals surface area contributed by atoms with Crippen molar-refractivity contribution >= 4 is 27.6 Å². The zero-order chi connectivity index (χ0) is 20.9. The minimum atomic E-state index is -3.82. The molecule has 28 heavy (non-hydrogen) atoms. The Labute approximate surface area is 163 Å². The lowest BCUT2D eigenvalue weighted by atomic mass is 10.1. The van der Waals surface area contributed by atoms with E-state index in [9.17, 15) is 22.4 Å². The zero-order valence-electron chi connectivity index (χ0n) is 15.7. The van der Waals surface area contributed by atoms with E-state index in [1.807, 2.05) is 0 Å². The van der Waals surface area contributed by atoms with Gasteiger partial charge < -0.3 is 10.1 Å². The molecule has 7 nitrogen and oxygen atoms in total. The molecule has 9 heteroatoms. The van der Waals surface area contributed by atoms with Crippen molar-refractivity contribution < 1.29 is 27.1 Å². The Morgan fingerprint density at radius 1 is 1.07 bits per heavy atom. The molecule has 0 saturated carbocycles. The van der Waals surface area contributed by atoms with E-state index in [4.69, 9.17) is 4.74 Å². The number of carbonyl (C=O) groups excluding carboxylic acids is 2. The van der Waals surface area contributed by atoms with Gasteiger partial charge in [-0.3, -0.25) is 4.79 Å². The molecule has 2 N–H and O–H groups in total. The van der Waals surface area contributed by atoms with Gasteiger partial charge in [-0.15, -0.1) is 0 Å². The molecule has 0 atom stereocenters. The van der Waals surface area contributed by atoms with Crippen LogP contribution in [0.2, 0.25) is 0 Å². The molecule has 0 fully saturated rings. The van der Waals surface area contributed by atoms with Crippen LogP contribution in [0.5, 0.6) is 0 Å². The number of ether oxygens (including phenoxy) is 1. The summed E-state index contributed by atoms with van der Waals surface area (Å²) in [6.45, 7) is 4.48. The van der Waals surface area contributed by atoms with Crippen molar-refractivity contribution in [2.75, 3.05) is 11.9 Å². The summed E-state index contributed by atoms with van der Waals surface area (Å²) in [5.74, 6) is -2.03. The van der Waals surface area contributed by atoms with Crippen molar-refractivity contribution in [2.45, 2.75) is 31.2 Å². The van der Waals surface area contributed by atoms with Crippen molar-refractivity contribution in [3.63, 3.8) is 0 Å². The number of halogens is 1. The minimum absolute atomic E-state index is 0.0182. The smallest absolute Gasteiger partial charge is 0.338 e. The van der Waals surface area contributed by atoms with Gasteiger partial charge in [0.1, 0.15) is 5.82 Å². The number of sulfonamides is 1. The molecule has 0 bridgehead atoms. The third kappa shape index (κ3) is 6.43. The molecule has 2 aromatic carbocycles. The first-order valence-corrected chi connectivity index (χ1v) is 9.81. The molecule has 2 aromatic rings. The zero-order valence-corrected chi connectivity index (χ0v) is 16.5. The molecule has 0 saturated heterocycles. The van der Waals surface area contributed by atoms with Crippen LogP contribution in [-0.4, -0.2) is 32.4 Å². The maximum atomic E-state index is 13.1. The fourth-order valence-corrected chi connectivity index (χ4v) is 3.69. The number of hydrogen-bond donors (Lipinski definition) is 2. The highest BCUT2D eigenvalue weighted by atomic mass is 32.2. The molecular formula is C19H21FN2O5S. The Kier molecular flexibility index (Phi) is 6.52. The Morgan fingerprint density at radius 2 is 1.75 bits per heavy atom. The lowest BCUT2D eigenvalue weighted by Gasteiger charge is -2.20. The average Bonchev–Trinajstić information content (AvgIpc) is 2.58. The second-order valence-electron chi connectivity index (χ2n) is 7.02. The summed E-state index contributed by atoms with van der Waals surface area (Å²) in [7, 11) is -3.82. The van der Waals surface area contributed by atoms with Gasteiger partial charge in [-0.25, -0.2) is 22.3 Å². The quantitative estimate of drug-likeness (QED) is 0.716. The summed E-state index contributed by atoms with van der Waals surface area (Å²) in [6.07, 6.45) is 0. The highest BCUT2D eigenvalue weighted by Gasteiger charge is 2.23. The van der Waals surface area contributed by atoms with Crippen LogP contribution >= 0.6 is 0 Å². The molecule has 2 rings (SSSR count). The highest BCUT2D eigenvalue weighted by molar-refractivity contribution is 7.89. The normalized spacial score (nSPS) is 11.7. The van der Waals surface area contributed by atoms with E-state index in [0.29, 0.717) is 0 Å². The lowest BCUT2D eigenvalue weighted by Crippen LogP contribution is -2.40. The molecule has 0 heterocycles. The van der Waals surface area contributed by atoms with E-state index in [1.165, 1.54) is 42.5 Å². The van der Waals surface area contributed by atoms with E-state index in [1.54, 1.807) is 20.8 Å². The third-order valence-corrected chi connectivity index (χ3v) is 5.02. The Morgan fingerprint density at radius 3 is 2.39 bits per heavy atom. The molecule has 0 aliphatic carbocycles. The molecule has 0 aliphatic heterocycles. The average molecular weight is 408 g/mol. The first kappa shape index (κ1) is 21.5. The van der Waals surface area contributed by atoms with Crippen LogP contribution in [0.3, 0.4) is 0 Å². The fourth-order valence-electron chi connectivity index (χ4n) is 2.23. The van der Waals surface area contributed by atoms with Crippen LogP contribution in [-0.2, 0) is 19.6 Å². The van der Waals surface area contributed by atoms with Gasteiger partial charge in [-0.05, 0) is 57.2 Å². The summed E-state index contributed by atoms with van der Waals surface area (Å²) < 4.78 is 45.2. The Bertz CT molecular complexity index is 984. The SMILES string of the molecule is CC(C)(C)NS(=O)(=O)c1cccc(C(=O)OCC(=O)Nc2cccc(F)c2)c1. The van der Waals surface area contributed by atoms with Gasteiger partial charge in [-0.1, -0.05) is 12.1 Å². The van der Waals surface area contributed by atoms with Crippen LogP contribution in [0, 0.1) is 5.82 Å². The number of amides is 1. The van der Waals surface area contributed by atoms with Crippen molar-refractivity contribution in [1.29, 1.82) is 0 Å². The maximum Gasteiger partial charge on any atom is 0.338 e. The summed E-state index contributed by atoms with van der Waals surface area (Å²) in [5.41, 5.74) is -0.484. The summed E-state index contributed by atoms with van der Waals surface area (Å²) in [4.78, 5) is 23.9. The van der Waals surface area contributed by atoms with E-state index in [2.05, 4.69) is 10.0 Å². The summed E-state index contributed by atoms with van der Waals surface area (Å²) in [5, 5.41) is 2.39. The van der Waals surface area contributed by atoms with E-state index in [-0.39, 0.29) is 16.1 Å². The third-order valence-electron chi connectivity index (χ3n) is 3.26. The van der Waals surface area contributed by atoms with E-state index < -0.39 is 39.9 Å². The Balaban J connectivity index is 2.02. The molecule has 0 aromatic heterocycles. The van der Waals surface area contributed by atoms with Crippen molar-refractivity contribution in [1.82, 2.24) is 4.72 Å². The maximum absolute atomic E-state index is 13.1. The number of anilines is 1. The van der Waals surface area contributed by atoms with Crippen molar-refractivity contribution in [3.05, 3.63) is 59.9 Å². The lowest BCUT2D eigenvalue weighted by molar-refractivity contribution is -0.119. The van der Waals surface area contributed by atoms with Crippen LogP contribution < -0.4 is 10.0 Å². The molecule has 0 spiro atoms. The number of hydrogen-bond acceptors (Lipinski definition) is 5. The fraction of sp³-hybridized carbons (Fsp3) is 0.263. The van der Waals surface area contributed by atoms with Gasteiger partial charge in [0, 0.05) is 11.2 Å². The Hall–Kier alpha value is -2.78. The van der Waals surface area contributed by atoms with Crippen molar-refractivity contribution in [2.24, 2.45) is 0 Å². The number of nitrogens with one attached hydrogen (secondary N) is 2. The topological polar surface area (TPSA) is 102 Å². The summed E-state index contributed by atoms with van der Waals surface area (Å²) >= 11 is 0. The molecular weight excluding hydrogens is 387 g/mol. The first-order valence-electron chi connectivity index (χ1n) is 8.33. The standard InChI is InChI=1S/C19H21FN2O5S/c1-19(2,3)22-28(25,26)16-9-4-6-13(10-16)18(24)27-12-17(23)21-15-8-5-7-14(20)11-15/h4-11,22H,12H2,1-3H3,(H,21,23). The van der Waals surface area contributed by atoms with Gasteiger partial charge in [-0.2, -0.15) is 0 Å². The van der Waals surface area contributed by atoms with Crippen LogP contribution in [0.15, 0.2) is 53.4 Å². The van der Waals surface area contributed by atoms with Gasteiger partial charge in [0.05, 0.1) is 10.5 Å². The van der Waals surface area contributed by atoms with E-state index in [0.717, 1.165) is 6.07 Å². The molecule has 0 radical (unpaired) electrons. The number of benzene rings is 2. The summed E-state index contributed by atoms with van der Waals surface area (Å²) in [6, 6.07) is 10.6. The molecule has 150 valence electrons. The highest BCUT2D eigenvalue weighted by Crippen LogP contribution is 2.15. The number of carbonyl (C=O) groups is 2. The van der Waals surface area contributed by atoms with Crippen LogP contribution in [0.25, 0.3) is 0 Å². The largest absolute Gasteiger partial charge is 0.452 e. The number of rotatable bonds is 6. The van der Waals surface area contributed by atoms with Gasteiger partial charge in [0.15, 0.2) is 6.61 Å². The molecule has 1 amide bonds.